The number of aliphatic imine (C=N–C) groups is 1. The minimum absolute atomic E-state index is 0.593. The molecule has 1 rings (SSSR count). The highest BCUT2D eigenvalue weighted by molar-refractivity contribution is 9.10. The van der Waals surface area contributed by atoms with Gasteiger partial charge in [0.25, 0.3) is 0 Å². The second-order valence-corrected chi connectivity index (χ2v) is 4.79. The van der Waals surface area contributed by atoms with Gasteiger partial charge in [-0.3, -0.25) is 10.4 Å². The number of nitrogens with one attached hydrogen (secondary N) is 2. The Morgan fingerprint density at radius 1 is 1.41 bits per heavy atom. The van der Waals surface area contributed by atoms with Gasteiger partial charge in [-0.05, 0) is 37.1 Å². The van der Waals surface area contributed by atoms with E-state index < -0.39 is 0 Å². The molecule has 4 nitrogen and oxygen atoms in total. The minimum Gasteiger partial charge on any atom is -0.325 e. The van der Waals surface area contributed by atoms with E-state index in [0.717, 1.165) is 29.5 Å². The standard InChI is InChI=1S/C12H19BrN4/c1-3-4-5-15-12(17-14)16-11-7-9(2)6-10(13)8-11/h6-8H,3-5,14H2,1-2H3,(H2,15,16,17). The maximum Gasteiger partial charge on any atom is 0.210 e. The Morgan fingerprint density at radius 3 is 2.76 bits per heavy atom. The summed E-state index contributed by atoms with van der Waals surface area (Å²) in [6, 6.07) is 6.08. The molecule has 0 aromatic heterocycles. The zero-order valence-electron chi connectivity index (χ0n) is 10.3. The number of hydrogen-bond donors (Lipinski definition) is 3. The number of nitrogens with two attached hydrogens (primary N) is 1. The predicted molar refractivity (Wildman–Crippen MR) is 77.0 cm³/mol. The number of halogens is 1. The van der Waals surface area contributed by atoms with E-state index in [4.69, 9.17) is 5.84 Å². The van der Waals surface area contributed by atoms with Gasteiger partial charge in [-0.15, -0.1) is 0 Å². The van der Waals surface area contributed by atoms with Gasteiger partial charge >= 0.3 is 0 Å². The molecule has 0 fully saturated rings. The van der Waals surface area contributed by atoms with Gasteiger partial charge in [0.05, 0.1) is 0 Å². The number of rotatable bonds is 4. The third-order valence-electron chi connectivity index (χ3n) is 2.22. The van der Waals surface area contributed by atoms with E-state index >= 15 is 0 Å². The van der Waals surface area contributed by atoms with E-state index in [1.807, 2.05) is 19.1 Å². The summed E-state index contributed by atoms with van der Waals surface area (Å²) in [4.78, 5) is 4.34. The quantitative estimate of drug-likeness (QED) is 0.263. The molecular weight excluding hydrogens is 280 g/mol. The van der Waals surface area contributed by atoms with Crippen molar-refractivity contribution in [3.8, 4) is 0 Å². The van der Waals surface area contributed by atoms with Crippen LogP contribution in [-0.4, -0.2) is 12.5 Å². The highest BCUT2D eigenvalue weighted by Crippen LogP contribution is 2.18. The molecule has 0 saturated carbocycles. The summed E-state index contributed by atoms with van der Waals surface area (Å²) in [5.74, 6) is 6.02. The molecule has 0 atom stereocenters. The van der Waals surface area contributed by atoms with Crippen LogP contribution in [-0.2, 0) is 0 Å². The third kappa shape index (κ3) is 5.19. The van der Waals surface area contributed by atoms with E-state index in [-0.39, 0.29) is 0 Å². The van der Waals surface area contributed by atoms with Crippen LogP contribution >= 0.6 is 15.9 Å². The molecule has 5 heteroatoms. The number of aryl methyl sites for hydroxylation is 1. The van der Waals surface area contributed by atoms with E-state index in [9.17, 15) is 0 Å². The topological polar surface area (TPSA) is 62.4 Å². The van der Waals surface area contributed by atoms with Gasteiger partial charge < -0.3 is 5.32 Å². The SMILES string of the molecule is CCCCN=C(NN)Nc1cc(C)cc(Br)c1. The largest absolute Gasteiger partial charge is 0.325 e. The molecule has 0 saturated heterocycles. The lowest BCUT2D eigenvalue weighted by atomic mass is 10.2. The van der Waals surface area contributed by atoms with Crippen LogP contribution in [0.15, 0.2) is 27.7 Å². The summed E-state index contributed by atoms with van der Waals surface area (Å²) in [5, 5.41) is 3.15. The first-order chi connectivity index (χ1) is 8.15. The number of guanidine groups is 1. The van der Waals surface area contributed by atoms with E-state index in [1.54, 1.807) is 0 Å². The van der Waals surface area contributed by atoms with Crippen molar-refractivity contribution < 1.29 is 0 Å². The molecule has 0 aliphatic carbocycles. The highest BCUT2D eigenvalue weighted by Gasteiger charge is 2.00. The van der Waals surface area contributed by atoms with Crippen LogP contribution in [0.3, 0.4) is 0 Å². The summed E-state index contributed by atoms with van der Waals surface area (Å²) >= 11 is 3.46. The number of hydrazine groups is 1. The molecule has 0 aliphatic heterocycles. The normalized spacial score (nSPS) is 11.4. The molecule has 17 heavy (non-hydrogen) atoms. The maximum atomic E-state index is 5.42. The molecule has 0 radical (unpaired) electrons. The van der Waals surface area contributed by atoms with Gasteiger partial charge in [0.2, 0.25) is 5.96 Å². The van der Waals surface area contributed by atoms with Crippen molar-refractivity contribution in [2.45, 2.75) is 26.7 Å². The Balaban J connectivity index is 2.69. The molecule has 0 bridgehead atoms. The van der Waals surface area contributed by atoms with Gasteiger partial charge in [-0.2, -0.15) is 0 Å². The van der Waals surface area contributed by atoms with Crippen LogP contribution in [0.2, 0.25) is 0 Å². The first kappa shape index (κ1) is 14.0. The molecule has 94 valence electrons. The van der Waals surface area contributed by atoms with Crippen molar-refractivity contribution in [2.24, 2.45) is 10.8 Å². The lowest BCUT2D eigenvalue weighted by Gasteiger charge is -2.10. The molecule has 0 amide bonds. The van der Waals surface area contributed by atoms with Gasteiger partial charge in [-0.25, -0.2) is 5.84 Å². The fraction of sp³-hybridized carbons (Fsp3) is 0.417. The Morgan fingerprint density at radius 2 is 2.18 bits per heavy atom. The molecule has 0 spiro atoms. The van der Waals surface area contributed by atoms with Crippen LogP contribution in [0.5, 0.6) is 0 Å². The smallest absolute Gasteiger partial charge is 0.210 e. The van der Waals surface area contributed by atoms with Crippen molar-refractivity contribution in [1.82, 2.24) is 5.43 Å². The zero-order valence-corrected chi connectivity index (χ0v) is 11.8. The summed E-state index contributed by atoms with van der Waals surface area (Å²) in [6.45, 7) is 4.95. The Labute approximate surface area is 111 Å². The highest BCUT2D eigenvalue weighted by atomic mass is 79.9. The molecule has 0 unspecified atom stereocenters. The summed E-state index contributed by atoms with van der Waals surface area (Å²) in [7, 11) is 0. The van der Waals surface area contributed by atoms with Crippen molar-refractivity contribution in [3.05, 3.63) is 28.2 Å². The number of anilines is 1. The van der Waals surface area contributed by atoms with Crippen LogP contribution in [0.25, 0.3) is 0 Å². The molecule has 0 heterocycles. The van der Waals surface area contributed by atoms with Gasteiger partial charge in [0, 0.05) is 16.7 Å². The summed E-state index contributed by atoms with van der Waals surface area (Å²) in [5.41, 5.74) is 4.71. The summed E-state index contributed by atoms with van der Waals surface area (Å²) in [6.07, 6.45) is 2.18. The first-order valence-electron chi connectivity index (χ1n) is 5.71. The Kier molecular flexibility index (Phi) is 6.00. The number of benzene rings is 1. The lowest BCUT2D eigenvalue weighted by Crippen LogP contribution is -2.36. The lowest BCUT2D eigenvalue weighted by molar-refractivity contribution is 0.801. The molecule has 1 aromatic carbocycles. The average Bonchev–Trinajstić information content (AvgIpc) is 2.26. The second kappa shape index (κ2) is 7.29. The fourth-order valence-electron chi connectivity index (χ4n) is 1.42. The van der Waals surface area contributed by atoms with Gasteiger partial charge in [0.1, 0.15) is 0 Å². The van der Waals surface area contributed by atoms with Crippen LogP contribution < -0.4 is 16.6 Å². The van der Waals surface area contributed by atoms with Gasteiger partial charge in [0.15, 0.2) is 0 Å². The number of nitrogens with zero attached hydrogens (tertiary/aromatic N) is 1. The van der Waals surface area contributed by atoms with Crippen LogP contribution in [0.1, 0.15) is 25.3 Å². The zero-order chi connectivity index (χ0) is 12.7. The summed E-state index contributed by atoms with van der Waals surface area (Å²) < 4.78 is 1.03. The molecular formula is C12H19BrN4. The number of hydrogen-bond acceptors (Lipinski definition) is 2. The van der Waals surface area contributed by atoms with Crippen LogP contribution in [0, 0.1) is 6.92 Å². The average molecular weight is 299 g/mol. The predicted octanol–water partition coefficient (Wildman–Crippen LogP) is 2.79. The van der Waals surface area contributed by atoms with Crippen LogP contribution in [0.4, 0.5) is 5.69 Å². The van der Waals surface area contributed by atoms with Crippen molar-refractivity contribution >= 4 is 27.6 Å². The minimum atomic E-state index is 0.593. The molecule has 0 aliphatic rings. The maximum absolute atomic E-state index is 5.42. The Hall–Kier alpha value is -1.07. The second-order valence-electron chi connectivity index (χ2n) is 3.87. The monoisotopic (exact) mass is 298 g/mol. The molecule has 4 N–H and O–H groups in total. The van der Waals surface area contributed by atoms with Gasteiger partial charge in [-0.1, -0.05) is 29.3 Å². The van der Waals surface area contributed by atoms with E-state index in [0.29, 0.717) is 5.96 Å². The van der Waals surface area contributed by atoms with E-state index in [2.05, 4.69) is 44.7 Å². The molecule has 1 aromatic rings. The van der Waals surface area contributed by atoms with Crippen molar-refractivity contribution in [2.75, 3.05) is 11.9 Å². The third-order valence-corrected chi connectivity index (χ3v) is 2.68. The van der Waals surface area contributed by atoms with Crippen molar-refractivity contribution in [3.63, 3.8) is 0 Å². The number of unbranched alkanes of at least 4 members (excludes halogenated alkanes) is 1. The fourth-order valence-corrected chi connectivity index (χ4v) is 2.02. The first-order valence-corrected chi connectivity index (χ1v) is 6.50. The Bertz CT molecular complexity index is 370. The van der Waals surface area contributed by atoms with E-state index in [1.165, 1.54) is 5.56 Å². The van der Waals surface area contributed by atoms with Crippen molar-refractivity contribution in [1.29, 1.82) is 0 Å².